The van der Waals surface area contributed by atoms with Gasteiger partial charge in [-0.3, -0.25) is 4.55 Å². The smallest absolute Gasteiger partial charge is 0.286 e. The zero-order valence-corrected chi connectivity index (χ0v) is 6.77. The normalized spacial score (nSPS) is 11.3. The predicted molar refractivity (Wildman–Crippen MR) is 34.2 cm³/mol. The molecule has 0 aliphatic rings. The van der Waals surface area contributed by atoms with Crippen LogP contribution in [0.5, 0.6) is 0 Å². The van der Waals surface area contributed by atoms with Crippen LogP contribution in [0.25, 0.3) is 0 Å². The second kappa shape index (κ2) is 3.85. The fourth-order valence-electron chi connectivity index (χ4n) is 0.376. The summed E-state index contributed by atoms with van der Waals surface area (Å²) in [5.74, 6) is -0.490. The Bertz CT molecular complexity index is 242. The first-order valence-electron chi connectivity index (χ1n) is 2.49. The molecule has 10 heavy (non-hydrogen) atoms. The van der Waals surface area contributed by atoms with Gasteiger partial charge in [-0.2, -0.15) is 8.42 Å². The molecule has 0 saturated heterocycles. The zero-order valence-electron chi connectivity index (χ0n) is 5.06. The molecule has 0 atom stereocenters. The second-order valence-electron chi connectivity index (χ2n) is 1.70. The van der Waals surface area contributed by atoms with E-state index in [1.165, 1.54) is 0 Å². The van der Waals surface area contributed by atoms with Gasteiger partial charge in [-0.25, -0.2) is 9.13 Å². The van der Waals surface area contributed by atoms with Gasteiger partial charge in [-0.15, -0.1) is 0 Å². The van der Waals surface area contributed by atoms with Gasteiger partial charge in [0.1, 0.15) is 0 Å². The molecule has 0 amide bonds. The largest absolute Gasteiger partial charge is 0.315 e. The van der Waals surface area contributed by atoms with E-state index >= 15 is 0 Å². The van der Waals surface area contributed by atoms with Gasteiger partial charge in [0.05, 0.1) is 11.9 Å². The first-order valence-corrected chi connectivity index (χ1v) is 5.46. The highest BCUT2D eigenvalue weighted by Gasteiger charge is 2.04. The van der Waals surface area contributed by atoms with Crippen LogP contribution in [0.15, 0.2) is 0 Å². The molecule has 0 saturated carbocycles. The average molecular weight is 186 g/mol. The molecule has 0 aromatic carbocycles. The molecule has 7 heteroatoms. The van der Waals surface area contributed by atoms with Crippen LogP contribution >= 0.6 is 7.68 Å². The van der Waals surface area contributed by atoms with Gasteiger partial charge < -0.3 is 0 Å². The van der Waals surface area contributed by atoms with Crippen molar-refractivity contribution in [3.63, 3.8) is 0 Å². The summed E-state index contributed by atoms with van der Waals surface area (Å²) in [5, 5.41) is 0. The zero-order chi connectivity index (χ0) is 8.20. The van der Waals surface area contributed by atoms with Crippen molar-refractivity contribution in [2.75, 3.05) is 11.9 Å². The molecule has 0 aliphatic heterocycles. The van der Waals surface area contributed by atoms with Gasteiger partial charge in [-0.1, -0.05) is 0 Å². The topological polar surface area (TPSA) is 88.5 Å². The highest BCUT2D eigenvalue weighted by molar-refractivity contribution is 7.85. The van der Waals surface area contributed by atoms with Crippen molar-refractivity contribution in [1.29, 1.82) is 0 Å². The molecule has 1 N–H and O–H groups in total. The third-order valence-electron chi connectivity index (χ3n) is 0.743. The van der Waals surface area contributed by atoms with E-state index in [2.05, 4.69) is 0 Å². The van der Waals surface area contributed by atoms with Crippen LogP contribution in [0.2, 0.25) is 0 Å². The minimum absolute atomic E-state index is 0.0441. The van der Waals surface area contributed by atoms with Gasteiger partial charge in [0.15, 0.2) is 0 Å². The van der Waals surface area contributed by atoms with E-state index in [-0.39, 0.29) is 12.6 Å². The van der Waals surface area contributed by atoms with Crippen LogP contribution < -0.4 is 0 Å². The monoisotopic (exact) mass is 186 g/mol. The van der Waals surface area contributed by atoms with Gasteiger partial charge >= 0.3 is 7.68 Å². The van der Waals surface area contributed by atoms with E-state index in [0.717, 1.165) is 0 Å². The Morgan fingerprint density at radius 2 is 1.80 bits per heavy atom. The van der Waals surface area contributed by atoms with E-state index in [1.807, 2.05) is 0 Å². The van der Waals surface area contributed by atoms with Crippen molar-refractivity contribution in [2.24, 2.45) is 0 Å². The Kier molecular flexibility index (Phi) is 3.78. The first kappa shape index (κ1) is 9.81. The summed E-state index contributed by atoms with van der Waals surface area (Å²) in [6.07, 6.45) is -0.243. The Morgan fingerprint density at radius 1 is 1.30 bits per heavy atom. The van der Waals surface area contributed by atoms with Gasteiger partial charge in [0.25, 0.3) is 10.1 Å². The second-order valence-corrected chi connectivity index (χ2v) is 4.38. The van der Waals surface area contributed by atoms with Crippen LogP contribution in [0.3, 0.4) is 0 Å². The highest BCUT2D eigenvalue weighted by atomic mass is 32.2. The maximum atomic E-state index is 9.97. The van der Waals surface area contributed by atoms with Crippen LogP contribution in [0, 0.1) is 0 Å². The van der Waals surface area contributed by atoms with Gasteiger partial charge in [0, 0.05) is 0 Å². The van der Waals surface area contributed by atoms with Crippen LogP contribution in [-0.4, -0.2) is 24.9 Å². The lowest BCUT2D eigenvalue weighted by atomic mass is 10.6. The standard InChI is InChI=1S/C3H7O5PS/c4-9(5)2-1-3-10(6,7)8/h1-3H2,(H,6,7,8). The SMILES string of the molecule is O=P(=O)CCCS(=O)(=O)O. The fraction of sp³-hybridized carbons (Fsp3) is 1.00. The van der Waals surface area contributed by atoms with Crippen molar-refractivity contribution in [3.8, 4) is 0 Å². The molecule has 0 fully saturated rings. The number of hydrogen-bond acceptors (Lipinski definition) is 4. The summed E-state index contributed by atoms with van der Waals surface area (Å²) in [7, 11) is -6.52. The Labute approximate surface area is 59.0 Å². The minimum Gasteiger partial charge on any atom is -0.286 e. The minimum atomic E-state index is -3.99. The molecule has 0 bridgehead atoms. The number of hydrogen-bond donors (Lipinski definition) is 1. The molecule has 0 radical (unpaired) electrons. The maximum absolute atomic E-state index is 9.97. The molecule has 0 unspecified atom stereocenters. The van der Waals surface area contributed by atoms with E-state index < -0.39 is 23.6 Å². The van der Waals surface area contributed by atoms with Crippen LogP contribution in [-0.2, 0) is 19.2 Å². The van der Waals surface area contributed by atoms with Crippen molar-refractivity contribution in [2.45, 2.75) is 6.42 Å². The summed E-state index contributed by atoms with van der Waals surface area (Å²) < 4.78 is 47.7. The molecular weight excluding hydrogens is 179 g/mol. The summed E-state index contributed by atoms with van der Waals surface area (Å²) in [4.78, 5) is 0. The van der Waals surface area contributed by atoms with Crippen molar-refractivity contribution in [3.05, 3.63) is 0 Å². The van der Waals surface area contributed by atoms with Crippen LogP contribution in [0.4, 0.5) is 0 Å². The van der Waals surface area contributed by atoms with Gasteiger partial charge in [-0.05, 0) is 6.42 Å². The lowest BCUT2D eigenvalue weighted by molar-refractivity contribution is 0.482. The third kappa shape index (κ3) is 7.81. The molecule has 0 aromatic heterocycles. The Morgan fingerprint density at radius 3 is 2.10 bits per heavy atom. The fourth-order valence-corrected chi connectivity index (χ4v) is 1.52. The first-order chi connectivity index (χ1) is 4.42. The Balaban J connectivity index is 3.59. The average Bonchev–Trinajstić information content (AvgIpc) is 1.59. The predicted octanol–water partition coefficient (Wildman–Crippen LogP) is 0.437. The molecule has 0 aliphatic carbocycles. The van der Waals surface area contributed by atoms with E-state index in [0.29, 0.717) is 0 Å². The summed E-state index contributed by atoms with van der Waals surface area (Å²) in [5.41, 5.74) is 0. The highest BCUT2D eigenvalue weighted by Crippen LogP contribution is 2.04. The molecule has 0 spiro atoms. The molecular formula is C3H7O5PS. The summed E-state index contributed by atoms with van der Waals surface area (Å²) in [6, 6.07) is 0. The number of rotatable bonds is 4. The van der Waals surface area contributed by atoms with Crippen molar-refractivity contribution < 1.29 is 22.1 Å². The maximum Gasteiger partial charge on any atom is 0.315 e. The lowest BCUT2D eigenvalue weighted by Crippen LogP contribution is -2.03. The van der Waals surface area contributed by atoms with E-state index in [1.54, 1.807) is 0 Å². The molecule has 0 aromatic rings. The molecule has 5 nitrogen and oxygen atoms in total. The van der Waals surface area contributed by atoms with E-state index in [9.17, 15) is 17.5 Å². The van der Waals surface area contributed by atoms with E-state index in [4.69, 9.17) is 4.55 Å². The molecule has 60 valence electrons. The Hall–Kier alpha value is -0.190. The van der Waals surface area contributed by atoms with Gasteiger partial charge in [0.2, 0.25) is 0 Å². The molecule has 0 heterocycles. The molecule has 0 rings (SSSR count). The third-order valence-corrected chi connectivity index (χ3v) is 2.23. The summed E-state index contributed by atoms with van der Waals surface area (Å²) in [6.45, 7) is 0. The van der Waals surface area contributed by atoms with Crippen LogP contribution in [0.1, 0.15) is 6.42 Å². The summed E-state index contributed by atoms with van der Waals surface area (Å²) >= 11 is 0. The quantitative estimate of drug-likeness (QED) is 0.508. The van der Waals surface area contributed by atoms with Crippen molar-refractivity contribution >= 4 is 17.8 Å². The van der Waals surface area contributed by atoms with Crippen molar-refractivity contribution in [1.82, 2.24) is 0 Å². The lowest BCUT2D eigenvalue weighted by Gasteiger charge is -1.89.